The minimum absolute atomic E-state index is 0.0469. The van der Waals surface area contributed by atoms with Crippen LogP contribution in [0.15, 0.2) is 42.6 Å². The van der Waals surface area contributed by atoms with Crippen LogP contribution in [0.2, 0.25) is 5.15 Å². The Morgan fingerprint density at radius 2 is 1.97 bits per heavy atom. The van der Waals surface area contributed by atoms with Gasteiger partial charge in [-0.3, -0.25) is 14.5 Å². The number of pyridine rings is 1. The van der Waals surface area contributed by atoms with Crippen LogP contribution in [0.5, 0.6) is 0 Å². The molecule has 1 aliphatic rings. The van der Waals surface area contributed by atoms with Crippen molar-refractivity contribution in [2.75, 3.05) is 6.54 Å². The number of benzene rings is 1. The van der Waals surface area contributed by atoms with E-state index < -0.39 is 30.0 Å². The SMILES string of the molecule is N#C[C@H](CC(N)=O)NC(=O)[C@@H]1CCCN1C(=O)OCc1ccc(-c2ccc(Cl)nc2)cc1. The molecule has 0 saturated carbocycles. The van der Waals surface area contributed by atoms with Crippen molar-refractivity contribution in [1.29, 1.82) is 5.26 Å². The number of nitrogens with two attached hydrogens (primary N) is 1. The number of carbonyl (C=O) groups is 3. The van der Waals surface area contributed by atoms with Crippen LogP contribution in [-0.2, 0) is 20.9 Å². The Labute approximate surface area is 190 Å². The number of nitrogens with zero attached hydrogens (tertiary/aromatic N) is 3. The smallest absolute Gasteiger partial charge is 0.410 e. The van der Waals surface area contributed by atoms with E-state index in [-0.39, 0.29) is 13.0 Å². The molecule has 3 rings (SSSR count). The number of ether oxygens (including phenoxy) is 1. The monoisotopic (exact) mass is 455 g/mol. The summed E-state index contributed by atoms with van der Waals surface area (Å²) in [6.45, 7) is 0.414. The summed E-state index contributed by atoms with van der Waals surface area (Å²) in [6, 6.07) is 11.1. The van der Waals surface area contributed by atoms with Gasteiger partial charge in [-0.1, -0.05) is 35.9 Å². The predicted molar refractivity (Wildman–Crippen MR) is 116 cm³/mol. The summed E-state index contributed by atoms with van der Waals surface area (Å²) in [5.41, 5.74) is 7.73. The average Bonchev–Trinajstić information content (AvgIpc) is 3.28. The number of nitriles is 1. The zero-order valence-electron chi connectivity index (χ0n) is 17.2. The van der Waals surface area contributed by atoms with Crippen LogP contribution in [0, 0.1) is 11.3 Å². The average molecular weight is 456 g/mol. The fourth-order valence-electron chi connectivity index (χ4n) is 3.42. The van der Waals surface area contributed by atoms with E-state index in [1.807, 2.05) is 36.4 Å². The zero-order valence-corrected chi connectivity index (χ0v) is 17.9. The number of hydrogen-bond donors (Lipinski definition) is 2. The fraction of sp³-hybridized carbons (Fsp3) is 0.318. The molecule has 0 spiro atoms. The van der Waals surface area contributed by atoms with E-state index >= 15 is 0 Å². The van der Waals surface area contributed by atoms with Crippen LogP contribution < -0.4 is 11.1 Å². The van der Waals surface area contributed by atoms with Crippen LogP contribution in [0.25, 0.3) is 11.1 Å². The summed E-state index contributed by atoms with van der Waals surface area (Å²) >= 11 is 5.81. The molecule has 1 aromatic carbocycles. The second kappa shape index (κ2) is 10.6. The molecule has 1 saturated heterocycles. The molecule has 0 radical (unpaired) electrons. The van der Waals surface area contributed by atoms with Crippen molar-refractivity contribution in [3.05, 3.63) is 53.3 Å². The third-order valence-electron chi connectivity index (χ3n) is 5.04. The number of likely N-dealkylation sites (tertiary alicyclic amines) is 1. The Morgan fingerprint density at radius 1 is 1.25 bits per heavy atom. The normalized spacial score (nSPS) is 16.1. The van der Waals surface area contributed by atoms with Gasteiger partial charge in [0.25, 0.3) is 0 Å². The molecule has 3 N–H and O–H groups in total. The van der Waals surface area contributed by atoms with Gasteiger partial charge in [0.1, 0.15) is 23.8 Å². The summed E-state index contributed by atoms with van der Waals surface area (Å²) in [4.78, 5) is 41.5. The number of nitrogens with one attached hydrogen (secondary N) is 1. The number of hydrogen-bond acceptors (Lipinski definition) is 6. The van der Waals surface area contributed by atoms with Crippen LogP contribution in [0.4, 0.5) is 4.79 Å². The van der Waals surface area contributed by atoms with Gasteiger partial charge in [-0.05, 0) is 36.1 Å². The second-order valence-electron chi connectivity index (χ2n) is 7.33. The Balaban J connectivity index is 1.55. The van der Waals surface area contributed by atoms with Crippen molar-refractivity contribution >= 4 is 29.5 Å². The third kappa shape index (κ3) is 5.95. The van der Waals surface area contributed by atoms with Crippen molar-refractivity contribution in [3.8, 4) is 17.2 Å². The van der Waals surface area contributed by atoms with Gasteiger partial charge in [-0.2, -0.15) is 5.26 Å². The van der Waals surface area contributed by atoms with Crippen LogP contribution in [-0.4, -0.2) is 46.4 Å². The number of halogens is 1. The standard InChI is InChI=1S/C22H22ClN5O4/c23-19-8-7-16(12-26-19)15-5-3-14(4-6-15)13-32-22(31)28-9-1-2-18(28)21(30)27-17(11-24)10-20(25)29/h3-8,12,17-18H,1-2,9-10,13H2,(H2,25,29)(H,27,30)/t17-,18-/m0/s1. The lowest BCUT2D eigenvalue weighted by Gasteiger charge is -2.24. The first kappa shape index (κ1) is 23.0. The molecule has 166 valence electrons. The maximum atomic E-state index is 12.6. The molecule has 1 aromatic heterocycles. The highest BCUT2D eigenvalue weighted by Crippen LogP contribution is 2.22. The Kier molecular flexibility index (Phi) is 7.63. The number of carbonyl (C=O) groups excluding carboxylic acids is 3. The fourth-order valence-corrected chi connectivity index (χ4v) is 3.54. The zero-order chi connectivity index (χ0) is 23.1. The maximum Gasteiger partial charge on any atom is 0.410 e. The molecule has 1 fully saturated rings. The van der Waals surface area contributed by atoms with Gasteiger partial charge in [0.15, 0.2) is 0 Å². The van der Waals surface area contributed by atoms with Gasteiger partial charge >= 0.3 is 6.09 Å². The van der Waals surface area contributed by atoms with Crippen molar-refractivity contribution in [2.24, 2.45) is 5.73 Å². The van der Waals surface area contributed by atoms with E-state index in [0.29, 0.717) is 24.5 Å². The first-order valence-electron chi connectivity index (χ1n) is 10.00. The van der Waals surface area contributed by atoms with E-state index in [0.717, 1.165) is 16.7 Å². The number of rotatable bonds is 7. The number of primary amides is 1. The molecule has 10 heteroatoms. The summed E-state index contributed by atoms with van der Waals surface area (Å²) in [5.74, 6) is -1.20. The molecule has 3 amide bonds. The molecule has 0 unspecified atom stereocenters. The summed E-state index contributed by atoms with van der Waals surface area (Å²) < 4.78 is 5.39. The highest BCUT2D eigenvalue weighted by Gasteiger charge is 2.36. The molecule has 1 aliphatic heterocycles. The molecule has 9 nitrogen and oxygen atoms in total. The van der Waals surface area contributed by atoms with Crippen molar-refractivity contribution in [1.82, 2.24) is 15.2 Å². The van der Waals surface area contributed by atoms with Crippen molar-refractivity contribution in [3.63, 3.8) is 0 Å². The highest BCUT2D eigenvalue weighted by atomic mass is 35.5. The van der Waals surface area contributed by atoms with Crippen molar-refractivity contribution in [2.45, 2.75) is 38.0 Å². The molecule has 32 heavy (non-hydrogen) atoms. The van der Waals surface area contributed by atoms with E-state index in [4.69, 9.17) is 27.3 Å². The molecule has 2 atom stereocenters. The Morgan fingerprint density at radius 3 is 2.59 bits per heavy atom. The second-order valence-corrected chi connectivity index (χ2v) is 7.72. The summed E-state index contributed by atoms with van der Waals surface area (Å²) in [5, 5.41) is 11.9. The first-order chi connectivity index (χ1) is 15.4. The topological polar surface area (TPSA) is 138 Å². The molecule has 2 aromatic rings. The quantitative estimate of drug-likeness (QED) is 0.614. The molecule has 2 heterocycles. The van der Waals surface area contributed by atoms with Crippen molar-refractivity contribution < 1.29 is 19.1 Å². The minimum atomic E-state index is -1.03. The van der Waals surface area contributed by atoms with Crippen LogP contribution >= 0.6 is 11.6 Å². The number of aromatic nitrogens is 1. The lowest BCUT2D eigenvalue weighted by atomic mass is 10.1. The Hall–Kier alpha value is -3.64. The predicted octanol–water partition coefficient (Wildman–Crippen LogP) is 2.39. The van der Waals surface area contributed by atoms with E-state index in [1.165, 1.54) is 4.90 Å². The Bertz CT molecular complexity index is 1020. The van der Waals surface area contributed by atoms with Crippen LogP contribution in [0.1, 0.15) is 24.8 Å². The van der Waals surface area contributed by atoms with Gasteiger partial charge in [-0.25, -0.2) is 9.78 Å². The van der Waals surface area contributed by atoms with E-state index in [2.05, 4.69) is 10.3 Å². The lowest BCUT2D eigenvalue weighted by molar-refractivity contribution is -0.125. The summed E-state index contributed by atoms with van der Waals surface area (Å²) in [7, 11) is 0. The molecular weight excluding hydrogens is 434 g/mol. The van der Waals surface area contributed by atoms with Crippen LogP contribution in [0.3, 0.4) is 0 Å². The molecular formula is C22H22ClN5O4. The highest BCUT2D eigenvalue weighted by molar-refractivity contribution is 6.29. The first-order valence-corrected chi connectivity index (χ1v) is 10.4. The largest absolute Gasteiger partial charge is 0.445 e. The van der Waals surface area contributed by atoms with Gasteiger partial charge in [0.05, 0.1) is 12.5 Å². The minimum Gasteiger partial charge on any atom is -0.445 e. The molecule has 0 aliphatic carbocycles. The maximum absolute atomic E-state index is 12.6. The van der Waals surface area contributed by atoms with Gasteiger partial charge < -0.3 is 15.8 Å². The third-order valence-corrected chi connectivity index (χ3v) is 5.27. The number of amides is 3. The lowest BCUT2D eigenvalue weighted by Crippen LogP contribution is -2.49. The van der Waals surface area contributed by atoms with Gasteiger partial charge in [-0.15, -0.1) is 0 Å². The summed E-state index contributed by atoms with van der Waals surface area (Å²) in [6.07, 6.45) is 1.85. The molecule has 0 bridgehead atoms. The van der Waals surface area contributed by atoms with Gasteiger partial charge in [0.2, 0.25) is 11.8 Å². The van der Waals surface area contributed by atoms with Gasteiger partial charge in [0, 0.05) is 18.3 Å². The van der Waals surface area contributed by atoms with E-state index in [9.17, 15) is 14.4 Å². The van der Waals surface area contributed by atoms with E-state index in [1.54, 1.807) is 12.3 Å².